The molecule has 1 aromatic heterocycles. The Morgan fingerprint density at radius 1 is 1.04 bits per heavy atom. The minimum Gasteiger partial charge on any atom is -0.406 e. The molecule has 1 fully saturated rings. The average Bonchev–Trinajstić information content (AvgIpc) is 2.51. The summed E-state index contributed by atoms with van der Waals surface area (Å²) < 4.78 is 40.4. The number of pyridine rings is 1. The van der Waals surface area contributed by atoms with Gasteiger partial charge in [-0.25, -0.2) is 0 Å². The van der Waals surface area contributed by atoms with Gasteiger partial charge in [0.1, 0.15) is 5.75 Å². The van der Waals surface area contributed by atoms with Crippen LogP contribution in [0.1, 0.15) is 31.9 Å². The molecule has 0 atom stereocenters. The molecule has 0 amide bonds. The van der Waals surface area contributed by atoms with Gasteiger partial charge in [-0.2, -0.15) is 0 Å². The fourth-order valence-electron chi connectivity index (χ4n) is 2.60. The van der Waals surface area contributed by atoms with Crippen molar-refractivity contribution in [1.82, 2.24) is 4.98 Å². The van der Waals surface area contributed by atoms with Gasteiger partial charge in [-0.05, 0) is 56.0 Å². The van der Waals surface area contributed by atoms with Gasteiger partial charge in [-0.3, -0.25) is 4.98 Å². The molecule has 1 aliphatic carbocycles. The first kappa shape index (κ1) is 17.3. The molecule has 1 aromatic carbocycles. The Kier molecular flexibility index (Phi) is 4.93. The summed E-state index contributed by atoms with van der Waals surface area (Å²) in [7, 11) is 0. The van der Waals surface area contributed by atoms with Gasteiger partial charge in [0.15, 0.2) is 0 Å². The lowest BCUT2D eigenvalue weighted by Gasteiger charge is -2.18. The predicted molar refractivity (Wildman–Crippen MR) is 91.9 cm³/mol. The first-order chi connectivity index (χ1) is 11.9. The zero-order chi connectivity index (χ0) is 17.9. The summed E-state index contributed by atoms with van der Waals surface area (Å²) in [5, 5.41) is 0. The number of rotatable bonds is 4. The van der Waals surface area contributed by atoms with Crippen molar-refractivity contribution in [3.63, 3.8) is 0 Å². The molecule has 1 saturated carbocycles. The molecule has 5 heteroatoms. The molecule has 2 nitrogen and oxygen atoms in total. The number of nitrogens with zero attached hydrogens (tertiary/aromatic N) is 1. The van der Waals surface area contributed by atoms with Crippen LogP contribution in [-0.4, -0.2) is 11.3 Å². The maximum atomic E-state index is 12.2. The van der Waals surface area contributed by atoms with E-state index in [0.717, 1.165) is 16.8 Å². The minimum absolute atomic E-state index is 0.233. The zero-order valence-corrected chi connectivity index (χ0v) is 13.8. The Morgan fingerprint density at radius 3 is 2.24 bits per heavy atom. The van der Waals surface area contributed by atoms with E-state index in [4.69, 9.17) is 0 Å². The molecular weight excluding hydrogens is 327 g/mol. The largest absolute Gasteiger partial charge is 0.573 e. The Hall–Kier alpha value is -2.56. The van der Waals surface area contributed by atoms with Gasteiger partial charge in [0.2, 0.25) is 0 Å². The number of halogens is 3. The smallest absolute Gasteiger partial charge is 0.406 e. The highest BCUT2D eigenvalue weighted by molar-refractivity contribution is 5.64. The highest BCUT2D eigenvalue weighted by atomic mass is 19.4. The summed E-state index contributed by atoms with van der Waals surface area (Å²) in [5.74, 6) is -0.233. The highest BCUT2D eigenvalue weighted by Crippen LogP contribution is 2.29. The lowest BCUT2D eigenvalue weighted by Crippen LogP contribution is -2.16. The van der Waals surface area contributed by atoms with Crippen LogP contribution in [0.15, 0.2) is 59.8 Å². The third kappa shape index (κ3) is 4.72. The van der Waals surface area contributed by atoms with Gasteiger partial charge in [0.05, 0.1) is 5.69 Å². The van der Waals surface area contributed by atoms with Gasteiger partial charge in [0.25, 0.3) is 0 Å². The normalized spacial score (nSPS) is 14.5. The molecule has 3 rings (SSSR count). The zero-order valence-electron chi connectivity index (χ0n) is 13.8. The molecule has 1 aliphatic rings. The second-order valence-electron chi connectivity index (χ2n) is 6.02. The van der Waals surface area contributed by atoms with Crippen molar-refractivity contribution in [2.24, 2.45) is 0 Å². The molecular formula is C20H18F3NO. The van der Waals surface area contributed by atoms with E-state index >= 15 is 0 Å². The summed E-state index contributed by atoms with van der Waals surface area (Å²) in [5.41, 5.74) is 5.28. The van der Waals surface area contributed by atoms with E-state index in [1.807, 2.05) is 18.2 Å². The van der Waals surface area contributed by atoms with E-state index in [0.29, 0.717) is 0 Å². The van der Waals surface area contributed by atoms with E-state index in [-0.39, 0.29) is 5.75 Å². The fraction of sp³-hybridized carbons (Fsp3) is 0.250. The van der Waals surface area contributed by atoms with Crippen LogP contribution in [0.4, 0.5) is 13.2 Å². The maximum Gasteiger partial charge on any atom is 0.573 e. The minimum atomic E-state index is -4.68. The van der Waals surface area contributed by atoms with Crippen molar-refractivity contribution >= 4 is 6.08 Å². The van der Waals surface area contributed by atoms with Crippen molar-refractivity contribution in [1.29, 1.82) is 0 Å². The lowest BCUT2D eigenvalue weighted by molar-refractivity contribution is -0.274. The van der Waals surface area contributed by atoms with Crippen LogP contribution in [0.25, 0.3) is 17.2 Å². The first-order valence-corrected chi connectivity index (χ1v) is 8.10. The highest BCUT2D eigenvalue weighted by Gasteiger charge is 2.30. The number of alkyl halides is 3. The number of aromatic nitrogens is 1. The number of benzene rings is 1. The summed E-state index contributed by atoms with van der Waals surface area (Å²) >= 11 is 0. The number of hydrogen-bond donors (Lipinski definition) is 0. The quantitative estimate of drug-likeness (QED) is 0.662. The van der Waals surface area contributed by atoms with Gasteiger partial charge in [0, 0.05) is 11.8 Å². The predicted octanol–water partition coefficient (Wildman–Crippen LogP) is 6.16. The van der Waals surface area contributed by atoms with Crippen molar-refractivity contribution in [2.45, 2.75) is 32.5 Å². The molecule has 0 N–H and O–H groups in total. The third-order valence-corrected chi connectivity index (χ3v) is 4.23. The van der Waals surface area contributed by atoms with Crippen LogP contribution in [0.2, 0.25) is 0 Å². The standard InChI is InChI=1S/C20H18F3NO/c1-14(15-3-2-4-15)5-9-18-10-6-17(13-24-18)16-7-11-19(12-8-16)25-20(21,22)23/h5-13H,2-4H2,1H3/b9-5+. The van der Waals surface area contributed by atoms with Crippen molar-refractivity contribution in [3.05, 3.63) is 65.5 Å². The first-order valence-electron chi connectivity index (χ1n) is 8.10. The van der Waals surface area contributed by atoms with Crippen molar-refractivity contribution in [3.8, 4) is 16.9 Å². The SMILES string of the molecule is CC(/C=C/c1ccc(-c2ccc(OC(F)(F)F)cc2)cn1)=C1CCC1. The average molecular weight is 345 g/mol. The maximum absolute atomic E-state index is 12.2. The summed E-state index contributed by atoms with van der Waals surface area (Å²) in [6, 6.07) is 9.55. The molecule has 1 heterocycles. The summed E-state index contributed by atoms with van der Waals surface area (Å²) in [6.45, 7) is 2.12. The number of ether oxygens (including phenoxy) is 1. The van der Waals surface area contributed by atoms with Crippen LogP contribution in [-0.2, 0) is 0 Å². The molecule has 0 radical (unpaired) electrons. The third-order valence-electron chi connectivity index (χ3n) is 4.23. The molecule has 0 bridgehead atoms. The van der Waals surface area contributed by atoms with E-state index in [1.165, 1.54) is 42.5 Å². The van der Waals surface area contributed by atoms with E-state index in [9.17, 15) is 13.2 Å². The Balaban J connectivity index is 1.68. The van der Waals surface area contributed by atoms with Crippen LogP contribution < -0.4 is 4.74 Å². The molecule has 0 unspecified atom stereocenters. The number of hydrogen-bond acceptors (Lipinski definition) is 2. The monoisotopic (exact) mass is 345 g/mol. The Morgan fingerprint density at radius 2 is 1.72 bits per heavy atom. The summed E-state index contributed by atoms with van der Waals surface area (Å²) in [4.78, 5) is 4.39. The second kappa shape index (κ2) is 7.13. The van der Waals surface area contributed by atoms with Gasteiger partial charge in [-0.15, -0.1) is 13.2 Å². The number of allylic oxidation sites excluding steroid dienone is 3. The van der Waals surface area contributed by atoms with Gasteiger partial charge < -0.3 is 4.74 Å². The lowest BCUT2D eigenvalue weighted by atomic mass is 9.88. The second-order valence-corrected chi connectivity index (χ2v) is 6.02. The van der Waals surface area contributed by atoms with Gasteiger partial charge >= 0.3 is 6.36 Å². The van der Waals surface area contributed by atoms with Crippen LogP contribution in [0.3, 0.4) is 0 Å². The van der Waals surface area contributed by atoms with Crippen LogP contribution >= 0.6 is 0 Å². The topological polar surface area (TPSA) is 22.1 Å². The van der Waals surface area contributed by atoms with Crippen molar-refractivity contribution in [2.75, 3.05) is 0 Å². The molecule has 0 saturated heterocycles. The van der Waals surface area contributed by atoms with Gasteiger partial charge in [-0.1, -0.05) is 35.4 Å². The van der Waals surface area contributed by atoms with Crippen molar-refractivity contribution < 1.29 is 17.9 Å². The van der Waals surface area contributed by atoms with E-state index in [2.05, 4.69) is 22.7 Å². The molecule has 0 spiro atoms. The molecule has 0 aliphatic heterocycles. The Bertz CT molecular complexity index is 781. The van der Waals surface area contributed by atoms with E-state index in [1.54, 1.807) is 18.3 Å². The Labute approximate surface area is 144 Å². The van der Waals surface area contributed by atoms with Crippen LogP contribution in [0.5, 0.6) is 5.75 Å². The molecule has 2 aromatic rings. The van der Waals surface area contributed by atoms with E-state index < -0.39 is 6.36 Å². The van der Waals surface area contributed by atoms with Crippen LogP contribution in [0, 0.1) is 0 Å². The fourth-order valence-corrected chi connectivity index (χ4v) is 2.60. The molecule has 130 valence electrons. The molecule has 25 heavy (non-hydrogen) atoms. The summed E-state index contributed by atoms with van der Waals surface area (Å²) in [6.07, 6.45) is 4.76.